The maximum absolute atomic E-state index is 12.5. The second-order valence-corrected chi connectivity index (χ2v) is 9.16. The molecule has 0 saturated carbocycles. The number of sulfonamides is 1. The van der Waals surface area contributed by atoms with Gasteiger partial charge in [-0.3, -0.25) is 4.79 Å². The highest BCUT2D eigenvalue weighted by Gasteiger charge is 2.21. The number of hydrogen-bond acceptors (Lipinski definition) is 5. The number of unbranched alkanes of at least 4 members (excludes halogenated alkanes) is 1. The van der Waals surface area contributed by atoms with Gasteiger partial charge in [0.1, 0.15) is 0 Å². The minimum absolute atomic E-state index is 0.161. The van der Waals surface area contributed by atoms with Gasteiger partial charge in [0.15, 0.2) is 0 Å². The first-order chi connectivity index (χ1) is 13.4. The van der Waals surface area contributed by atoms with Gasteiger partial charge in [0.2, 0.25) is 10.0 Å². The van der Waals surface area contributed by atoms with E-state index in [-0.39, 0.29) is 10.8 Å². The molecule has 1 amide bonds. The first kappa shape index (κ1) is 22.8. The van der Waals surface area contributed by atoms with E-state index >= 15 is 0 Å². The van der Waals surface area contributed by atoms with Crippen molar-refractivity contribution >= 4 is 15.9 Å². The van der Waals surface area contributed by atoms with Crippen LogP contribution in [-0.2, 0) is 10.0 Å². The van der Waals surface area contributed by atoms with Gasteiger partial charge in [-0.05, 0) is 50.7 Å². The van der Waals surface area contributed by atoms with Gasteiger partial charge in [0, 0.05) is 51.4 Å². The van der Waals surface area contributed by atoms with Crippen LogP contribution in [0.25, 0.3) is 0 Å². The summed E-state index contributed by atoms with van der Waals surface area (Å²) >= 11 is 0. The van der Waals surface area contributed by atoms with E-state index in [1.165, 1.54) is 16.4 Å². The molecule has 8 heteroatoms. The monoisotopic (exact) mass is 410 g/mol. The highest BCUT2D eigenvalue weighted by Crippen LogP contribution is 2.16. The third-order valence-electron chi connectivity index (χ3n) is 5.24. The summed E-state index contributed by atoms with van der Waals surface area (Å²) in [5.41, 5.74) is 0.484. The Kier molecular flexibility index (Phi) is 8.88. The van der Waals surface area contributed by atoms with Crippen LogP contribution in [0.5, 0.6) is 0 Å². The third kappa shape index (κ3) is 6.27. The summed E-state index contributed by atoms with van der Waals surface area (Å²) in [6.45, 7) is 10.7. The van der Waals surface area contributed by atoms with E-state index in [0.29, 0.717) is 25.2 Å². The number of amides is 1. The van der Waals surface area contributed by atoms with Crippen LogP contribution >= 0.6 is 0 Å². The summed E-state index contributed by atoms with van der Waals surface area (Å²) in [6, 6.07) is 6.18. The Morgan fingerprint density at radius 3 is 2.21 bits per heavy atom. The quantitative estimate of drug-likeness (QED) is 0.592. The Balaban J connectivity index is 1.75. The highest BCUT2D eigenvalue weighted by atomic mass is 32.2. The van der Waals surface area contributed by atoms with Gasteiger partial charge in [-0.15, -0.1) is 0 Å². The summed E-state index contributed by atoms with van der Waals surface area (Å²) in [5.74, 6) is -0.161. The zero-order valence-corrected chi connectivity index (χ0v) is 18.2. The highest BCUT2D eigenvalue weighted by molar-refractivity contribution is 7.89. The van der Waals surface area contributed by atoms with Gasteiger partial charge in [-0.2, -0.15) is 4.31 Å². The second-order valence-electron chi connectivity index (χ2n) is 7.22. The molecular formula is C20H34N4O3S. The molecule has 1 N–H and O–H groups in total. The fraction of sp³-hybridized carbons (Fsp3) is 0.650. The number of carbonyl (C=O) groups is 1. The van der Waals surface area contributed by atoms with Crippen molar-refractivity contribution < 1.29 is 13.2 Å². The SMILES string of the molecule is CCN(CC)S(=O)(=O)c1ccc(C(=O)NCCCCN2CCN(C)CC2)cc1. The molecular weight excluding hydrogens is 376 g/mol. The Bertz CT molecular complexity index is 709. The standard InChI is InChI=1S/C20H34N4O3S/c1-4-24(5-2)28(26,27)19-10-8-18(9-11-19)20(25)21-12-6-7-13-23-16-14-22(3)15-17-23/h8-11H,4-7,12-17H2,1-3H3,(H,21,25). The van der Waals surface area contributed by atoms with E-state index in [1.54, 1.807) is 12.1 Å². The van der Waals surface area contributed by atoms with Gasteiger partial charge >= 0.3 is 0 Å². The number of carbonyl (C=O) groups excluding carboxylic acids is 1. The smallest absolute Gasteiger partial charge is 0.251 e. The molecule has 1 heterocycles. The first-order valence-electron chi connectivity index (χ1n) is 10.2. The molecule has 2 rings (SSSR count). The zero-order valence-electron chi connectivity index (χ0n) is 17.4. The predicted molar refractivity (Wildman–Crippen MR) is 112 cm³/mol. The van der Waals surface area contributed by atoms with Crippen molar-refractivity contribution in [3.63, 3.8) is 0 Å². The average Bonchev–Trinajstić information content (AvgIpc) is 2.70. The fourth-order valence-corrected chi connectivity index (χ4v) is 4.78. The molecule has 28 heavy (non-hydrogen) atoms. The molecule has 158 valence electrons. The van der Waals surface area contributed by atoms with Gasteiger partial charge in [0.25, 0.3) is 5.91 Å². The van der Waals surface area contributed by atoms with Crippen LogP contribution in [0.15, 0.2) is 29.2 Å². The van der Waals surface area contributed by atoms with E-state index in [0.717, 1.165) is 45.6 Å². The Morgan fingerprint density at radius 1 is 1.04 bits per heavy atom. The normalized spacial score (nSPS) is 16.4. The number of nitrogens with one attached hydrogen (secondary N) is 1. The summed E-state index contributed by atoms with van der Waals surface area (Å²) in [7, 11) is -1.34. The Morgan fingerprint density at radius 2 is 1.64 bits per heavy atom. The van der Waals surface area contributed by atoms with Crippen LogP contribution in [0.4, 0.5) is 0 Å². The lowest BCUT2D eigenvalue weighted by molar-refractivity contribution is 0.0951. The minimum atomic E-state index is -3.49. The molecule has 1 aromatic carbocycles. The molecule has 1 aromatic rings. The third-order valence-corrected chi connectivity index (χ3v) is 7.31. The number of likely N-dealkylation sites (N-methyl/N-ethyl adjacent to an activating group) is 1. The zero-order chi connectivity index (χ0) is 20.6. The molecule has 0 aromatic heterocycles. The summed E-state index contributed by atoms with van der Waals surface area (Å²) in [4.78, 5) is 17.3. The second kappa shape index (κ2) is 10.9. The Labute approximate surface area is 169 Å². The lowest BCUT2D eigenvalue weighted by Crippen LogP contribution is -2.44. The number of hydrogen-bond donors (Lipinski definition) is 1. The molecule has 0 bridgehead atoms. The van der Waals surface area contributed by atoms with Crippen LogP contribution in [0, 0.1) is 0 Å². The van der Waals surface area contributed by atoms with Crippen LogP contribution < -0.4 is 5.32 Å². The molecule has 1 aliphatic rings. The molecule has 0 atom stereocenters. The average molecular weight is 411 g/mol. The van der Waals surface area contributed by atoms with E-state index < -0.39 is 10.0 Å². The van der Waals surface area contributed by atoms with Crippen molar-refractivity contribution in [2.45, 2.75) is 31.6 Å². The van der Waals surface area contributed by atoms with E-state index in [9.17, 15) is 13.2 Å². The molecule has 7 nitrogen and oxygen atoms in total. The first-order valence-corrected chi connectivity index (χ1v) is 11.6. The van der Waals surface area contributed by atoms with Crippen LogP contribution in [0.2, 0.25) is 0 Å². The number of rotatable bonds is 10. The molecule has 1 aliphatic heterocycles. The van der Waals surface area contributed by atoms with E-state index in [2.05, 4.69) is 22.2 Å². The van der Waals surface area contributed by atoms with Crippen molar-refractivity contribution in [1.29, 1.82) is 0 Å². The number of benzene rings is 1. The van der Waals surface area contributed by atoms with E-state index in [1.807, 2.05) is 13.8 Å². The lowest BCUT2D eigenvalue weighted by Gasteiger charge is -2.32. The summed E-state index contributed by atoms with van der Waals surface area (Å²) in [5, 5.41) is 2.92. The van der Waals surface area contributed by atoms with Gasteiger partial charge in [-0.25, -0.2) is 8.42 Å². The number of piperazine rings is 1. The number of nitrogens with zero attached hydrogens (tertiary/aromatic N) is 3. The minimum Gasteiger partial charge on any atom is -0.352 e. The maximum Gasteiger partial charge on any atom is 0.251 e. The maximum atomic E-state index is 12.5. The molecule has 1 saturated heterocycles. The fourth-order valence-electron chi connectivity index (χ4n) is 3.33. The van der Waals surface area contributed by atoms with Crippen molar-refractivity contribution in [2.75, 3.05) is 59.4 Å². The van der Waals surface area contributed by atoms with Crippen molar-refractivity contribution in [1.82, 2.24) is 19.4 Å². The van der Waals surface area contributed by atoms with Crippen molar-refractivity contribution in [2.24, 2.45) is 0 Å². The molecule has 1 fully saturated rings. The lowest BCUT2D eigenvalue weighted by atomic mass is 10.2. The molecule has 0 radical (unpaired) electrons. The molecule has 0 unspecified atom stereocenters. The Hall–Kier alpha value is -1.48. The molecule has 0 spiro atoms. The largest absolute Gasteiger partial charge is 0.352 e. The van der Waals surface area contributed by atoms with Crippen LogP contribution in [-0.4, -0.2) is 87.8 Å². The molecule has 0 aliphatic carbocycles. The summed E-state index contributed by atoms with van der Waals surface area (Å²) in [6.07, 6.45) is 2.00. The van der Waals surface area contributed by atoms with Crippen molar-refractivity contribution in [3.8, 4) is 0 Å². The van der Waals surface area contributed by atoms with Crippen molar-refractivity contribution in [3.05, 3.63) is 29.8 Å². The van der Waals surface area contributed by atoms with Gasteiger partial charge in [-0.1, -0.05) is 13.8 Å². The topological polar surface area (TPSA) is 73.0 Å². The van der Waals surface area contributed by atoms with E-state index in [4.69, 9.17) is 0 Å². The van der Waals surface area contributed by atoms with Gasteiger partial charge < -0.3 is 15.1 Å². The van der Waals surface area contributed by atoms with Crippen LogP contribution in [0.3, 0.4) is 0 Å². The van der Waals surface area contributed by atoms with Gasteiger partial charge in [0.05, 0.1) is 4.90 Å². The summed E-state index contributed by atoms with van der Waals surface area (Å²) < 4.78 is 26.4. The predicted octanol–water partition coefficient (Wildman–Crippen LogP) is 1.47. The van der Waals surface area contributed by atoms with Crippen LogP contribution in [0.1, 0.15) is 37.0 Å².